The summed E-state index contributed by atoms with van der Waals surface area (Å²) < 4.78 is 13.2. The smallest absolute Gasteiger partial charge is 0.417 e. The molecule has 1 aromatic heterocycles. The molecule has 39 heavy (non-hydrogen) atoms. The van der Waals surface area contributed by atoms with E-state index in [1.54, 1.807) is 4.68 Å². The third-order valence-corrected chi connectivity index (χ3v) is 8.94. The van der Waals surface area contributed by atoms with E-state index in [0.717, 1.165) is 17.2 Å². The zero-order valence-corrected chi connectivity index (χ0v) is 24.5. The van der Waals surface area contributed by atoms with Gasteiger partial charge in [0.2, 0.25) is 5.91 Å². The molecule has 1 saturated heterocycles. The minimum atomic E-state index is -1.22. The molecular formula is C29H39N5O4Si. The second-order valence-electron chi connectivity index (χ2n) is 11.6. The standard InChI is InChI=1S/C29H39N5O4Si/c1-21(23-12-8-6-9-13-23)18-25(19-26-30-31-32-33(26)20-37-16-17-39(3,4)5)28(35)34-22(2)27(38-29(34)36)24-14-10-7-11-15-24/h6-15,21-22,25,27H,16-20H2,1-5H3/t21?,22-,25+,27-/m1/s1. The molecule has 4 atom stereocenters. The quantitative estimate of drug-likeness (QED) is 0.219. The van der Waals surface area contributed by atoms with Gasteiger partial charge in [0, 0.05) is 27.0 Å². The molecule has 0 bridgehead atoms. The van der Waals surface area contributed by atoms with E-state index in [1.807, 2.05) is 55.5 Å². The zero-order valence-electron chi connectivity index (χ0n) is 23.5. The van der Waals surface area contributed by atoms with Gasteiger partial charge in [-0.1, -0.05) is 87.2 Å². The van der Waals surface area contributed by atoms with E-state index >= 15 is 0 Å². The second kappa shape index (κ2) is 12.7. The van der Waals surface area contributed by atoms with Gasteiger partial charge < -0.3 is 9.47 Å². The highest BCUT2D eigenvalue weighted by atomic mass is 28.3. The van der Waals surface area contributed by atoms with Crippen LogP contribution in [0.1, 0.15) is 49.2 Å². The molecular weight excluding hydrogens is 510 g/mol. The lowest BCUT2D eigenvalue weighted by atomic mass is 9.87. The van der Waals surface area contributed by atoms with Crippen LogP contribution in [0, 0.1) is 5.92 Å². The number of cyclic esters (lactones) is 1. The van der Waals surface area contributed by atoms with Crippen molar-refractivity contribution in [3.63, 3.8) is 0 Å². The van der Waals surface area contributed by atoms with Gasteiger partial charge in [-0.15, -0.1) is 5.10 Å². The van der Waals surface area contributed by atoms with Crippen LogP contribution in [-0.4, -0.2) is 57.8 Å². The van der Waals surface area contributed by atoms with Gasteiger partial charge in [-0.3, -0.25) is 4.79 Å². The molecule has 4 rings (SSSR count). The molecule has 1 aliphatic heterocycles. The lowest BCUT2D eigenvalue weighted by Gasteiger charge is -2.26. The fourth-order valence-corrected chi connectivity index (χ4v) is 5.63. The van der Waals surface area contributed by atoms with Crippen LogP contribution in [0.3, 0.4) is 0 Å². The fourth-order valence-electron chi connectivity index (χ4n) is 4.88. The summed E-state index contributed by atoms with van der Waals surface area (Å²) in [6.45, 7) is 11.7. The van der Waals surface area contributed by atoms with Crippen molar-refractivity contribution in [2.45, 2.75) is 77.2 Å². The third kappa shape index (κ3) is 7.39. The molecule has 1 fully saturated rings. The van der Waals surface area contributed by atoms with Crippen LogP contribution in [0.15, 0.2) is 60.7 Å². The maximum absolute atomic E-state index is 14.0. The van der Waals surface area contributed by atoms with Crippen molar-refractivity contribution < 1.29 is 19.1 Å². The molecule has 2 aromatic carbocycles. The lowest BCUT2D eigenvalue weighted by molar-refractivity contribution is -0.133. The Bertz CT molecular complexity index is 1230. The minimum Gasteiger partial charge on any atom is -0.439 e. The first-order valence-corrected chi connectivity index (χ1v) is 17.3. The summed E-state index contributed by atoms with van der Waals surface area (Å²) in [4.78, 5) is 28.3. The van der Waals surface area contributed by atoms with E-state index in [4.69, 9.17) is 9.47 Å². The zero-order chi connectivity index (χ0) is 28.0. The number of aromatic nitrogens is 4. The average Bonchev–Trinajstić information content (AvgIpc) is 3.48. The molecule has 0 spiro atoms. The van der Waals surface area contributed by atoms with Crippen LogP contribution in [0.2, 0.25) is 25.7 Å². The predicted octanol–water partition coefficient (Wildman–Crippen LogP) is 5.45. The first-order valence-electron chi connectivity index (χ1n) is 13.6. The lowest BCUT2D eigenvalue weighted by Crippen LogP contribution is -2.43. The average molecular weight is 550 g/mol. The maximum atomic E-state index is 14.0. The Morgan fingerprint density at radius 1 is 1.08 bits per heavy atom. The Hall–Kier alpha value is -3.37. The van der Waals surface area contributed by atoms with E-state index in [9.17, 15) is 9.59 Å². The summed E-state index contributed by atoms with van der Waals surface area (Å²) in [5, 5.41) is 12.2. The van der Waals surface area contributed by atoms with Gasteiger partial charge in [-0.2, -0.15) is 0 Å². The summed E-state index contributed by atoms with van der Waals surface area (Å²) in [5.41, 5.74) is 1.99. The van der Waals surface area contributed by atoms with Crippen molar-refractivity contribution >= 4 is 20.1 Å². The SMILES string of the molecule is CC(C[C@@H](Cc1nnnn1COCC[Si](C)(C)C)C(=O)N1C(=O)O[C@@H](c2ccccc2)[C@H]1C)c1ccccc1. The molecule has 208 valence electrons. The molecule has 10 heteroatoms. The van der Waals surface area contributed by atoms with Gasteiger partial charge in [-0.25, -0.2) is 14.4 Å². The third-order valence-electron chi connectivity index (χ3n) is 7.24. The number of benzene rings is 2. The number of rotatable bonds is 12. The van der Waals surface area contributed by atoms with Gasteiger partial charge in [-0.05, 0) is 46.9 Å². The molecule has 9 nitrogen and oxygen atoms in total. The van der Waals surface area contributed by atoms with Crippen molar-refractivity contribution in [2.75, 3.05) is 6.61 Å². The molecule has 2 heterocycles. The Morgan fingerprint density at radius 2 is 1.74 bits per heavy atom. The maximum Gasteiger partial charge on any atom is 0.417 e. The van der Waals surface area contributed by atoms with Gasteiger partial charge in [0.05, 0.1) is 6.04 Å². The van der Waals surface area contributed by atoms with E-state index in [1.165, 1.54) is 4.90 Å². The molecule has 2 amide bonds. The van der Waals surface area contributed by atoms with Gasteiger partial charge >= 0.3 is 6.09 Å². The number of imide groups is 1. The Kier molecular flexibility index (Phi) is 9.29. The minimum absolute atomic E-state index is 0.0799. The Balaban J connectivity index is 1.53. The highest BCUT2D eigenvalue weighted by Gasteiger charge is 2.45. The van der Waals surface area contributed by atoms with Gasteiger partial charge in [0.25, 0.3) is 0 Å². The number of carbonyl (C=O) groups is 2. The van der Waals surface area contributed by atoms with Crippen molar-refractivity contribution in [1.82, 2.24) is 25.1 Å². The van der Waals surface area contributed by atoms with Crippen LogP contribution in [0.4, 0.5) is 4.79 Å². The van der Waals surface area contributed by atoms with Crippen LogP contribution in [-0.2, 0) is 27.4 Å². The highest BCUT2D eigenvalue weighted by molar-refractivity contribution is 6.76. The predicted molar refractivity (Wildman–Crippen MR) is 151 cm³/mol. The summed E-state index contributed by atoms with van der Waals surface area (Å²) >= 11 is 0. The van der Waals surface area contributed by atoms with Crippen molar-refractivity contribution in [1.29, 1.82) is 0 Å². The van der Waals surface area contributed by atoms with Crippen LogP contribution < -0.4 is 0 Å². The molecule has 3 aromatic rings. The number of hydrogen-bond acceptors (Lipinski definition) is 7. The number of ether oxygens (including phenoxy) is 2. The number of hydrogen-bond donors (Lipinski definition) is 0. The molecule has 1 unspecified atom stereocenters. The van der Waals surface area contributed by atoms with E-state index < -0.39 is 32.2 Å². The Morgan fingerprint density at radius 3 is 2.41 bits per heavy atom. The van der Waals surface area contributed by atoms with Crippen molar-refractivity contribution in [2.24, 2.45) is 5.92 Å². The van der Waals surface area contributed by atoms with Crippen molar-refractivity contribution in [3.05, 3.63) is 77.6 Å². The molecule has 0 N–H and O–H groups in total. The fraction of sp³-hybridized carbons (Fsp3) is 0.483. The first-order chi connectivity index (χ1) is 18.6. The van der Waals surface area contributed by atoms with E-state index in [-0.39, 0.29) is 25.0 Å². The van der Waals surface area contributed by atoms with E-state index in [0.29, 0.717) is 18.9 Å². The highest BCUT2D eigenvalue weighted by Crippen LogP contribution is 2.35. The van der Waals surface area contributed by atoms with Gasteiger partial charge in [0.1, 0.15) is 12.8 Å². The van der Waals surface area contributed by atoms with Crippen LogP contribution >= 0.6 is 0 Å². The van der Waals surface area contributed by atoms with Gasteiger partial charge in [0.15, 0.2) is 5.82 Å². The summed E-state index contributed by atoms with van der Waals surface area (Å²) in [5.74, 6) is -0.169. The van der Waals surface area contributed by atoms with Crippen LogP contribution in [0.5, 0.6) is 0 Å². The summed E-state index contributed by atoms with van der Waals surface area (Å²) in [6.07, 6.45) is -0.320. The largest absolute Gasteiger partial charge is 0.439 e. The topological polar surface area (TPSA) is 99.4 Å². The van der Waals surface area contributed by atoms with Crippen molar-refractivity contribution in [3.8, 4) is 0 Å². The number of tetrazole rings is 1. The van der Waals surface area contributed by atoms with E-state index in [2.05, 4.69) is 54.2 Å². The van der Waals surface area contributed by atoms with Crippen LogP contribution in [0.25, 0.3) is 0 Å². The molecule has 0 aliphatic carbocycles. The first kappa shape index (κ1) is 28.6. The second-order valence-corrected chi connectivity index (χ2v) is 17.2. The number of carbonyl (C=O) groups excluding carboxylic acids is 2. The molecule has 1 aliphatic rings. The monoisotopic (exact) mass is 549 g/mol. The summed E-state index contributed by atoms with van der Waals surface area (Å²) in [6, 6.07) is 20.2. The normalized spacial score (nSPS) is 19.1. The summed E-state index contributed by atoms with van der Waals surface area (Å²) in [7, 11) is -1.22. The number of nitrogens with zero attached hydrogens (tertiary/aromatic N) is 5. The Labute approximate surface area is 231 Å². The molecule has 0 radical (unpaired) electrons. The number of amides is 2. The molecule has 0 saturated carbocycles.